The number of esters is 1. The summed E-state index contributed by atoms with van der Waals surface area (Å²) < 4.78 is 10.4. The molecule has 0 spiro atoms. The summed E-state index contributed by atoms with van der Waals surface area (Å²) >= 11 is 0. The van der Waals surface area contributed by atoms with Gasteiger partial charge in [0.15, 0.2) is 0 Å². The number of nitrogens with zero attached hydrogens (tertiary/aromatic N) is 1. The third-order valence-electron chi connectivity index (χ3n) is 4.50. The minimum absolute atomic E-state index is 0.192. The molecule has 140 valence electrons. The molecular formula is C21H21NO5. The Hall–Kier alpha value is -2.99. The number of methoxy groups -OCH3 is 1. The number of ether oxygens (including phenoxy) is 2. The number of carbonyl (C=O) groups is 3. The van der Waals surface area contributed by atoms with E-state index in [1.165, 1.54) is 12.0 Å². The molecule has 1 heterocycles. The number of hydrogen-bond donors (Lipinski definition) is 0. The molecule has 27 heavy (non-hydrogen) atoms. The summed E-state index contributed by atoms with van der Waals surface area (Å²) in [7, 11) is 1.33. The molecule has 0 atom stereocenters. The lowest BCUT2D eigenvalue weighted by Gasteiger charge is -2.33. The van der Waals surface area contributed by atoms with Crippen LogP contribution in [0.4, 0.5) is 0 Å². The highest BCUT2D eigenvalue weighted by atomic mass is 16.5. The predicted molar refractivity (Wildman–Crippen MR) is 98.5 cm³/mol. The molecule has 0 aliphatic carbocycles. The van der Waals surface area contributed by atoms with Gasteiger partial charge in [0.1, 0.15) is 0 Å². The van der Waals surface area contributed by atoms with Crippen LogP contribution in [0.5, 0.6) is 0 Å². The van der Waals surface area contributed by atoms with Gasteiger partial charge in [0.2, 0.25) is 0 Å². The first-order valence-corrected chi connectivity index (χ1v) is 8.58. The van der Waals surface area contributed by atoms with Crippen LogP contribution in [0.25, 0.3) is 0 Å². The molecule has 6 heteroatoms. The van der Waals surface area contributed by atoms with Crippen molar-refractivity contribution in [2.45, 2.75) is 26.0 Å². The summed E-state index contributed by atoms with van der Waals surface area (Å²) in [5.41, 5.74) is 1.40. The molecule has 0 saturated carbocycles. The van der Waals surface area contributed by atoms with Crippen LogP contribution in [-0.2, 0) is 16.1 Å². The first-order chi connectivity index (χ1) is 12.8. The lowest BCUT2D eigenvalue weighted by molar-refractivity contribution is 0.0118. The Morgan fingerprint density at radius 2 is 1.52 bits per heavy atom. The topological polar surface area (TPSA) is 72.9 Å². The highest BCUT2D eigenvalue weighted by Gasteiger charge is 2.43. The van der Waals surface area contributed by atoms with Gasteiger partial charge in [-0.05, 0) is 43.7 Å². The van der Waals surface area contributed by atoms with Crippen LogP contribution >= 0.6 is 0 Å². The van der Waals surface area contributed by atoms with E-state index in [2.05, 4.69) is 4.74 Å². The smallest absolute Gasteiger partial charge is 0.337 e. The summed E-state index contributed by atoms with van der Waals surface area (Å²) in [4.78, 5) is 38.0. The zero-order chi connectivity index (χ0) is 19.6. The maximum Gasteiger partial charge on any atom is 0.337 e. The van der Waals surface area contributed by atoms with Crippen molar-refractivity contribution in [3.05, 3.63) is 70.8 Å². The zero-order valence-electron chi connectivity index (χ0n) is 15.5. The van der Waals surface area contributed by atoms with E-state index in [1.807, 2.05) is 0 Å². The van der Waals surface area contributed by atoms with Gasteiger partial charge in [-0.25, -0.2) is 4.79 Å². The van der Waals surface area contributed by atoms with E-state index in [-0.39, 0.29) is 18.4 Å². The van der Waals surface area contributed by atoms with Crippen LogP contribution in [0.15, 0.2) is 48.5 Å². The van der Waals surface area contributed by atoms with Crippen molar-refractivity contribution in [1.29, 1.82) is 0 Å². The van der Waals surface area contributed by atoms with Gasteiger partial charge in [-0.3, -0.25) is 14.5 Å². The molecule has 1 aliphatic rings. The Labute approximate surface area is 157 Å². The molecule has 0 fully saturated rings. The second kappa shape index (κ2) is 7.32. The number of hydrogen-bond acceptors (Lipinski definition) is 5. The average molecular weight is 367 g/mol. The third kappa shape index (κ3) is 3.61. The number of fused-ring (bicyclic) bond motifs is 1. The second-order valence-corrected chi connectivity index (χ2v) is 6.99. The summed E-state index contributed by atoms with van der Waals surface area (Å²) in [5, 5.41) is 0. The van der Waals surface area contributed by atoms with Crippen molar-refractivity contribution in [2.75, 3.05) is 13.7 Å². The molecule has 2 aromatic rings. The quantitative estimate of drug-likeness (QED) is 0.580. The van der Waals surface area contributed by atoms with Crippen molar-refractivity contribution in [2.24, 2.45) is 0 Å². The van der Waals surface area contributed by atoms with E-state index in [0.717, 1.165) is 5.56 Å². The van der Waals surface area contributed by atoms with Crippen LogP contribution in [0, 0.1) is 0 Å². The van der Waals surface area contributed by atoms with Gasteiger partial charge in [0.25, 0.3) is 11.8 Å². The SMILES string of the molecule is COC(=O)c1ccc(COCC(C)(C)N2C(=O)c3ccccc3C2=O)cc1. The summed E-state index contributed by atoms with van der Waals surface area (Å²) in [6.07, 6.45) is 0. The highest BCUT2D eigenvalue weighted by Crippen LogP contribution is 2.29. The van der Waals surface area contributed by atoms with Crippen LogP contribution in [0.2, 0.25) is 0 Å². The summed E-state index contributed by atoms with van der Waals surface area (Å²) in [6.45, 7) is 4.09. The molecule has 0 bridgehead atoms. The fourth-order valence-corrected chi connectivity index (χ4v) is 3.08. The molecule has 2 amide bonds. The largest absolute Gasteiger partial charge is 0.465 e. The lowest BCUT2D eigenvalue weighted by Crippen LogP contribution is -2.50. The zero-order valence-corrected chi connectivity index (χ0v) is 15.5. The summed E-state index contributed by atoms with van der Waals surface area (Å²) in [5.74, 6) is -0.993. The maximum atomic E-state index is 12.6. The minimum atomic E-state index is -0.793. The molecule has 0 saturated heterocycles. The normalized spacial score (nSPS) is 13.7. The molecule has 2 aromatic carbocycles. The van der Waals surface area contributed by atoms with Gasteiger partial charge >= 0.3 is 5.97 Å². The Kier molecular flexibility index (Phi) is 5.10. The van der Waals surface area contributed by atoms with E-state index >= 15 is 0 Å². The molecule has 0 N–H and O–H groups in total. The van der Waals surface area contributed by atoms with E-state index < -0.39 is 11.5 Å². The molecule has 3 rings (SSSR count). The minimum Gasteiger partial charge on any atom is -0.465 e. The van der Waals surface area contributed by atoms with Gasteiger partial charge in [-0.2, -0.15) is 0 Å². The fourth-order valence-electron chi connectivity index (χ4n) is 3.08. The molecule has 0 unspecified atom stereocenters. The Bertz CT molecular complexity index is 851. The third-order valence-corrected chi connectivity index (χ3v) is 4.50. The van der Waals surface area contributed by atoms with E-state index in [0.29, 0.717) is 23.3 Å². The first kappa shape index (κ1) is 18.8. The first-order valence-electron chi connectivity index (χ1n) is 8.58. The molecular weight excluding hydrogens is 346 g/mol. The van der Waals surface area contributed by atoms with Gasteiger partial charge < -0.3 is 9.47 Å². The molecule has 1 aliphatic heterocycles. The van der Waals surface area contributed by atoms with Crippen LogP contribution in [0.1, 0.15) is 50.5 Å². The molecule has 0 radical (unpaired) electrons. The maximum absolute atomic E-state index is 12.6. The Morgan fingerprint density at radius 1 is 0.963 bits per heavy atom. The lowest BCUT2D eigenvalue weighted by atomic mass is 10.0. The number of amides is 2. The van der Waals surface area contributed by atoms with Crippen LogP contribution in [0.3, 0.4) is 0 Å². The van der Waals surface area contributed by atoms with E-state index in [4.69, 9.17) is 4.74 Å². The van der Waals surface area contributed by atoms with Crippen molar-refractivity contribution in [1.82, 2.24) is 4.90 Å². The number of imide groups is 1. The molecule has 0 aromatic heterocycles. The fraction of sp³-hybridized carbons (Fsp3) is 0.286. The van der Waals surface area contributed by atoms with Crippen molar-refractivity contribution in [3.63, 3.8) is 0 Å². The average Bonchev–Trinajstić information content (AvgIpc) is 2.93. The van der Waals surface area contributed by atoms with Crippen molar-refractivity contribution < 1.29 is 23.9 Å². The van der Waals surface area contributed by atoms with Gasteiger partial charge in [-0.1, -0.05) is 24.3 Å². The number of benzene rings is 2. The van der Waals surface area contributed by atoms with Gasteiger partial charge in [0, 0.05) is 0 Å². The second-order valence-electron chi connectivity index (χ2n) is 6.99. The number of rotatable bonds is 6. The van der Waals surface area contributed by atoms with Crippen LogP contribution < -0.4 is 0 Å². The van der Waals surface area contributed by atoms with E-state index in [1.54, 1.807) is 62.4 Å². The molecule has 6 nitrogen and oxygen atoms in total. The Morgan fingerprint density at radius 3 is 2.04 bits per heavy atom. The monoisotopic (exact) mass is 367 g/mol. The van der Waals surface area contributed by atoms with Gasteiger partial charge in [0.05, 0.1) is 42.6 Å². The Balaban J connectivity index is 1.63. The number of carbonyl (C=O) groups excluding carboxylic acids is 3. The summed E-state index contributed by atoms with van der Waals surface area (Å²) in [6, 6.07) is 13.7. The van der Waals surface area contributed by atoms with Crippen molar-refractivity contribution in [3.8, 4) is 0 Å². The van der Waals surface area contributed by atoms with Crippen LogP contribution in [-0.4, -0.2) is 41.9 Å². The van der Waals surface area contributed by atoms with Crippen molar-refractivity contribution >= 4 is 17.8 Å². The van der Waals surface area contributed by atoms with Gasteiger partial charge in [-0.15, -0.1) is 0 Å². The standard InChI is InChI=1S/C21H21NO5/c1-21(2,22-18(23)16-6-4-5-7-17(16)19(22)24)13-27-12-14-8-10-15(11-9-14)20(25)26-3/h4-11H,12-13H2,1-3H3. The predicted octanol–water partition coefficient (Wildman–Crippen LogP) is 3.06. The van der Waals surface area contributed by atoms with E-state index in [9.17, 15) is 14.4 Å². The highest BCUT2D eigenvalue weighted by molar-refractivity contribution is 6.21.